The number of pyridine rings is 1. The first-order valence-corrected chi connectivity index (χ1v) is 9.31. The van der Waals surface area contributed by atoms with Gasteiger partial charge in [0.05, 0.1) is 11.2 Å². The molecular formula is C22H24N4O. The lowest BCUT2D eigenvalue weighted by Crippen LogP contribution is -2.44. The molecule has 3 aromatic rings. The zero-order chi connectivity index (χ0) is 18.8. The smallest absolute Gasteiger partial charge is 0.255 e. The van der Waals surface area contributed by atoms with Gasteiger partial charge in [0, 0.05) is 49.0 Å². The maximum absolute atomic E-state index is 12.8. The molecule has 138 valence electrons. The topological polar surface area (TPSA) is 48.5 Å². The molecule has 1 aliphatic rings. The van der Waals surface area contributed by atoms with E-state index in [2.05, 4.69) is 40.1 Å². The van der Waals surface area contributed by atoms with E-state index in [0.29, 0.717) is 5.56 Å². The molecule has 2 aromatic carbocycles. The number of piperazine rings is 1. The van der Waals surface area contributed by atoms with Gasteiger partial charge in [0.25, 0.3) is 5.91 Å². The van der Waals surface area contributed by atoms with Gasteiger partial charge in [-0.2, -0.15) is 0 Å². The third-order valence-electron chi connectivity index (χ3n) is 5.20. The van der Waals surface area contributed by atoms with Gasteiger partial charge in [-0.3, -0.25) is 9.78 Å². The lowest BCUT2D eigenvalue weighted by molar-refractivity contribution is 0.102. The van der Waals surface area contributed by atoms with Gasteiger partial charge in [0.2, 0.25) is 0 Å². The molecule has 4 rings (SSSR count). The maximum Gasteiger partial charge on any atom is 0.255 e. The summed E-state index contributed by atoms with van der Waals surface area (Å²) in [7, 11) is 2.15. The third-order valence-corrected chi connectivity index (χ3v) is 5.20. The van der Waals surface area contributed by atoms with E-state index >= 15 is 0 Å². The predicted molar refractivity (Wildman–Crippen MR) is 111 cm³/mol. The van der Waals surface area contributed by atoms with Crippen molar-refractivity contribution < 1.29 is 4.79 Å². The number of nitrogens with one attached hydrogen (secondary N) is 1. The van der Waals surface area contributed by atoms with Crippen molar-refractivity contribution in [2.75, 3.05) is 43.4 Å². The summed E-state index contributed by atoms with van der Waals surface area (Å²) in [6.07, 6.45) is 1.76. The molecule has 1 N–H and O–H groups in total. The van der Waals surface area contributed by atoms with Crippen LogP contribution in [0, 0.1) is 6.92 Å². The minimum atomic E-state index is -0.0978. The molecule has 0 aliphatic carbocycles. The monoisotopic (exact) mass is 360 g/mol. The van der Waals surface area contributed by atoms with Crippen LogP contribution in [0.2, 0.25) is 0 Å². The van der Waals surface area contributed by atoms with Crippen molar-refractivity contribution in [1.29, 1.82) is 0 Å². The molecule has 5 heteroatoms. The van der Waals surface area contributed by atoms with E-state index in [0.717, 1.165) is 48.3 Å². The quantitative estimate of drug-likeness (QED) is 0.776. The lowest BCUT2D eigenvalue weighted by Gasteiger charge is -2.35. The summed E-state index contributed by atoms with van der Waals surface area (Å²) in [6.45, 7) is 6.25. The van der Waals surface area contributed by atoms with Crippen LogP contribution in [0.1, 0.15) is 15.9 Å². The van der Waals surface area contributed by atoms with Crippen molar-refractivity contribution in [3.63, 3.8) is 0 Å². The molecule has 1 aromatic heterocycles. The SMILES string of the molecule is Cc1cc(C(=O)Nc2cccc3ncccc23)ccc1N1CCN(C)CC1. The molecular weight excluding hydrogens is 336 g/mol. The summed E-state index contributed by atoms with van der Waals surface area (Å²) in [5.41, 5.74) is 4.68. The van der Waals surface area contributed by atoms with Crippen molar-refractivity contribution in [3.05, 3.63) is 65.9 Å². The summed E-state index contributed by atoms with van der Waals surface area (Å²) in [5, 5.41) is 3.98. The number of amides is 1. The van der Waals surface area contributed by atoms with Gasteiger partial charge >= 0.3 is 0 Å². The fraction of sp³-hybridized carbons (Fsp3) is 0.273. The first-order chi connectivity index (χ1) is 13.1. The van der Waals surface area contributed by atoms with Crippen LogP contribution in [0.25, 0.3) is 10.9 Å². The molecule has 1 fully saturated rings. The summed E-state index contributed by atoms with van der Waals surface area (Å²) >= 11 is 0. The molecule has 2 heterocycles. The molecule has 0 bridgehead atoms. The number of likely N-dealkylation sites (N-methyl/N-ethyl adjacent to an activating group) is 1. The van der Waals surface area contributed by atoms with Crippen LogP contribution in [0.3, 0.4) is 0 Å². The number of hydrogen-bond acceptors (Lipinski definition) is 4. The molecule has 0 unspecified atom stereocenters. The van der Waals surface area contributed by atoms with E-state index in [4.69, 9.17) is 0 Å². The lowest BCUT2D eigenvalue weighted by atomic mass is 10.1. The minimum absolute atomic E-state index is 0.0978. The van der Waals surface area contributed by atoms with Gasteiger partial charge < -0.3 is 15.1 Å². The van der Waals surface area contributed by atoms with E-state index in [1.165, 1.54) is 5.69 Å². The maximum atomic E-state index is 12.8. The minimum Gasteiger partial charge on any atom is -0.369 e. The number of carbonyl (C=O) groups excluding carboxylic acids is 1. The Bertz CT molecular complexity index is 972. The molecule has 0 saturated carbocycles. The molecule has 0 atom stereocenters. The highest BCUT2D eigenvalue weighted by molar-refractivity contribution is 6.08. The Kier molecular flexibility index (Phi) is 4.77. The van der Waals surface area contributed by atoms with Crippen LogP contribution >= 0.6 is 0 Å². The summed E-state index contributed by atoms with van der Waals surface area (Å²) < 4.78 is 0. The number of nitrogens with zero attached hydrogens (tertiary/aromatic N) is 3. The van der Waals surface area contributed by atoms with Crippen LogP contribution in [0.4, 0.5) is 11.4 Å². The van der Waals surface area contributed by atoms with E-state index in [9.17, 15) is 4.79 Å². The Hall–Kier alpha value is -2.92. The van der Waals surface area contributed by atoms with Crippen molar-refractivity contribution >= 4 is 28.2 Å². The number of anilines is 2. The number of aromatic nitrogens is 1. The average molecular weight is 360 g/mol. The second kappa shape index (κ2) is 7.37. The van der Waals surface area contributed by atoms with Gasteiger partial charge in [0.1, 0.15) is 0 Å². The standard InChI is InChI=1S/C22H24N4O/c1-16-15-17(8-9-21(16)26-13-11-25(2)12-14-26)22(27)24-20-7-3-6-19-18(20)5-4-10-23-19/h3-10,15H,11-14H2,1-2H3,(H,24,27). The summed E-state index contributed by atoms with van der Waals surface area (Å²) in [6, 6.07) is 15.6. The summed E-state index contributed by atoms with van der Waals surface area (Å²) in [5.74, 6) is -0.0978. The number of rotatable bonds is 3. The first-order valence-electron chi connectivity index (χ1n) is 9.31. The number of hydrogen-bond donors (Lipinski definition) is 1. The highest BCUT2D eigenvalue weighted by Gasteiger charge is 2.17. The average Bonchev–Trinajstić information content (AvgIpc) is 2.69. The third kappa shape index (κ3) is 3.64. The second-order valence-corrected chi connectivity index (χ2v) is 7.12. The van der Waals surface area contributed by atoms with E-state index in [1.54, 1.807) is 6.20 Å². The van der Waals surface area contributed by atoms with Gasteiger partial charge in [-0.25, -0.2) is 0 Å². The fourth-order valence-electron chi connectivity index (χ4n) is 3.61. The predicted octanol–water partition coefficient (Wildman–Crippen LogP) is 3.55. The Morgan fingerprint density at radius 2 is 1.85 bits per heavy atom. The first kappa shape index (κ1) is 17.5. The Morgan fingerprint density at radius 3 is 2.63 bits per heavy atom. The van der Waals surface area contributed by atoms with Crippen molar-refractivity contribution in [1.82, 2.24) is 9.88 Å². The van der Waals surface area contributed by atoms with Gasteiger partial charge in [0.15, 0.2) is 0 Å². The highest BCUT2D eigenvalue weighted by Crippen LogP contribution is 2.25. The number of benzene rings is 2. The molecule has 5 nitrogen and oxygen atoms in total. The highest BCUT2D eigenvalue weighted by atomic mass is 16.1. The van der Waals surface area contributed by atoms with Crippen LogP contribution in [0.15, 0.2) is 54.7 Å². The largest absolute Gasteiger partial charge is 0.369 e. The van der Waals surface area contributed by atoms with Gasteiger partial charge in [-0.1, -0.05) is 6.07 Å². The fourth-order valence-corrected chi connectivity index (χ4v) is 3.61. The summed E-state index contributed by atoms with van der Waals surface area (Å²) in [4.78, 5) is 21.9. The van der Waals surface area contributed by atoms with Gasteiger partial charge in [-0.05, 0) is 62.0 Å². The normalized spacial score (nSPS) is 15.1. The van der Waals surface area contributed by atoms with E-state index in [-0.39, 0.29) is 5.91 Å². The Morgan fingerprint density at radius 1 is 1.04 bits per heavy atom. The zero-order valence-electron chi connectivity index (χ0n) is 15.8. The van der Waals surface area contributed by atoms with Crippen molar-refractivity contribution in [2.45, 2.75) is 6.92 Å². The Labute approximate surface area is 159 Å². The molecule has 1 aliphatic heterocycles. The molecule has 0 radical (unpaired) electrons. The van der Waals surface area contributed by atoms with Crippen LogP contribution in [-0.4, -0.2) is 49.0 Å². The molecule has 1 saturated heterocycles. The molecule has 0 spiro atoms. The molecule has 27 heavy (non-hydrogen) atoms. The zero-order valence-corrected chi connectivity index (χ0v) is 15.8. The van der Waals surface area contributed by atoms with Crippen LogP contribution < -0.4 is 10.2 Å². The van der Waals surface area contributed by atoms with E-state index in [1.807, 2.05) is 42.5 Å². The second-order valence-electron chi connectivity index (χ2n) is 7.12. The van der Waals surface area contributed by atoms with Crippen LogP contribution in [0.5, 0.6) is 0 Å². The number of fused-ring (bicyclic) bond motifs is 1. The van der Waals surface area contributed by atoms with Crippen molar-refractivity contribution in [3.8, 4) is 0 Å². The van der Waals surface area contributed by atoms with E-state index < -0.39 is 0 Å². The Balaban J connectivity index is 1.54. The van der Waals surface area contributed by atoms with Crippen molar-refractivity contribution in [2.24, 2.45) is 0 Å². The number of aryl methyl sites for hydroxylation is 1. The van der Waals surface area contributed by atoms with Crippen LogP contribution in [-0.2, 0) is 0 Å². The van der Waals surface area contributed by atoms with Gasteiger partial charge in [-0.15, -0.1) is 0 Å². The molecule has 1 amide bonds. The number of carbonyl (C=O) groups is 1.